The van der Waals surface area contributed by atoms with Crippen LogP contribution in [0.1, 0.15) is 40.0 Å². The van der Waals surface area contributed by atoms with Crippen molar-refractivity contribution in [1.29, 1.82) is 0 Å². The van der Waals surface area contributed by atoms with Gasteiger partial charge >= 0.3 is 0 Å². The van der Waals surface area contributed by atoms with Gasteiger partial charge in [0.05, 0.1) is 23.0 Å². The Balaban J connectivity index is 1.75. The van der Waals surface area contributed by atoms with E-state index in [1.54, 1.807) is 23.8 Å². The number of amides is 2. The molecule has 1 saturated heterocycles. The minimum Gasteiger partial charge on any atom is -0.355 e. The van der Waals surface area contributed by atoms with Crippen molar-refractivity contribution in [2.75, 3.05) is 20.1 Å². The number of nitrogens with one attached hydrogen (secondary N) is 1. The van der Waals surface area contributed by atoms with Gasteiger partial charge in [-0.2, -0.15) is 5.10 Å². The molecule has 3 heterocycles. The third-order valence-corrected chi connectivity index (χ3v) is 5.06. The SMILES string of the molecule is CNC(=O)c1cccc(-c2cccc3c(C(=O)N4CCCCC4)cnn23)c1. The van der Waals surface area contributed by atoms with E-state index in [1.807, 2.05) is 41.3 Å². The Morgan fingerprint density at radius 1 is 1.04 bits per heavy atom. The van der Waals surface area contributed by atoms with Crippen molar-refractivity contribution >= 4 is 17.3 Å². The van der Waals surface area contributed by atoms with Crippen LogP contribution in [0.15, 0.2) is 48.7 Å². The maximum absolute atomic E-state index is 12.9. The average molecular weight is 362 g/mol. The van der Waals surface area contributed by atoms with Gasteiger partial charge in [0.1, 0.15) is 0 Å². The molecule has 1 aliphatic rings. The lowest BCUT2D eigenvalue weighted by Gasteiger charge is -2.26. The molecule has 1 aliphatic heterocycles. The van der Waals surface area contributed by atoms with E-state index in [-0.39, 0.29) is 11.8 Å². The molecule has 138 valence electrons. The van der Waals surface area contributed by atoms with E-state index in [0.717, 1.165) is 42.7 Å². The molecule has 0 aliphatic carbocycles. The summed E-state index contributed by atoms with van der Waals surface area (Å²) in [5.74, 6) is -0.0913. The third-order valence-electron chi connectivity index (χ3n) is 5.06. The minimum absolute atomic E-state index is 0.0426. The van der Waals surface area contributed by atoms with Crippen LogP contribution in [-0.4, -0.2) is 46.5 Å². The van der Waals surface area contributed by atoms with Gasteiger partial charge in [-0.25, -0.2) is 4.52 Å². The van der Waals surface area contributed by atoms with Crippen molar-refractivity contribution in [3.63, 3.8) is 0 Å². The van der Waals surface area contributed by atoms with E-state index in [1.165, 1.54) is 6.42 Å². The largest absolute Gasteiger partial charge is 0.355 e. The summed E-state index contributed by atoms with van der Waals surface area (Å²) in [6.07, 6.45) is 4.95. The normalized spacial score (nSPS) is 14.3. The van der Waals surface area contributed by atoms with Gasteiger partial charge in [-0.15, -0.1) is 0 Å². The Kier molecular flexibility index (Phi) is 4.62. The summed E-state index contributed by atoms with van der Waals surface area (Å²) in [5, 5.41) is 7.12. The van der Waals surface area contributed by atoms with Crippen molar-refractivity contribution < 1.29 is 9.59 Å². The molecule has 1 fully saturated rings. The number of nitrogens with zero attached hydrogens (tertiary/aromatic N) is 3. The van der Waals surface area contributed by atoms with Crippen LogP contribution in [0.2, 0.25) is 0 Å². The summed E-state index contributed by atoms with van der Waals surface area (Å²) < 4.78 is 1.78. The molecule has 6 heteroatoms. The van der Waals surface area contributed by atoms with Crippen LogP contribution < -0.4 is 5.32 Å². The van der Waals surface area contributed by atoms with E-state index in [9.17, 15) is 9.59 Å². The Labute approximate surface area is 157 Å². The first-order valence-corrected chi connectivity index (χ1v) is 9.27. The van der Waals surface area contributed by atoms with Gasteiger partial charge in [-0.1, -0.05) is 18.2 Å². The molecular weight excluding hydrogens is 340 g/mol. The molecule has 1 N–H and O–H groups in total. The maximum atomic E-state index is 12.9. The summed E-state index contributed by atoms with van der Waals surface area (Å²) in [4.78, 5) is 26.8. The second-order valence-corrected chi connectivity index (χ2v) is 6.78. The van der Waals surface area contributed by atoms with Crippen LogP contribution in [0.25, 0.3) is 16.8 Å². The zero-order valence-corrected chi connectivity index (χ0v) is 15.3. The number of pyridine rings is 1. The first-order valence-electron chi connectivity index (χ1n) is 9.27. The average Bonchev–Trinajstić information content (AvgIpc) is 3.17. The molecule has 2 amide bonds. The number of likely N-dealkylation sites (tertiary alicyclic amines) is 1. The lowest BCUT2D eigenvalue weighted by molar-refractivity contribution is 0.0726. The van der Waals surface area contributed by atoms with Gasteiger partial charge in [0.15, 0.2) is 0 Å². The molecule has 2 aromatic heterocycles. The second kappa shape index (κ2) is 7.23. The van der Waals surface area contributed by atoms with Crippen molar-refractivity contribution in [2.45, 2.75) is 19.3 Å². The van der Waals surface area contributed by atoms with Crippen LogP contribution in [0.3, 0.4) is 0 Å². The van der Waals surface area contributed by atoms with E-state index in [0.29, 0.717) is 11.1 Å². The molecule has 0 saturated carbocycles. The number of hydrogen-bond acceptors (Lipinski definition) is 3. The highest BCUT2D eigenvalue weighted by molar-refractivity contribution is 6.01. The number of rotatable bonds is 3. The number of benzene rings is 1. The van der Waals surface area contributed by atoms with Gasteiger partial charge in [0.2, 0.25) is 0 Å². The Bertz CT molecular complexity index is 1000. The molecule has 6 nitrogen and oxygen atoms in total. The van der Waals surface area contributed by atoms with Crippen molar-refractivity contribution in [3.8, 4) is 11.3 Å². The van der Waals surface area contributed by atoms with Crippen LogP contribution >= 0.6 is 0 Å². The van der Waals surface area contributed by atoms with Crippen LogP contribution in [0.5, 0.6) is 0 Å². The topological polar surface area (TPSA) is 66.7 Å². The zero-order chi connectivity index (χ0) is 18.8. The minimum atomic E-state index is -0.134. The highest BCUT2D eigenvalue weighted by Gasteiger charge is 2.22. The summed E-state index contributed by atoms with van der Waals surface area (Å²) in [6.45, 7) is 1.62. The number of piperidine rings is 1. The number of carbonyl (C=O) groups excluding carboxylic acids is 2. The summed E-state index contributed by atoms with van der Waals surface area (Å²) in [7, 11) is 1.61. The smallest absolute Gasteiger partial charge is 0.257 e. The lowest BCUT2D eigenvalue weighted by Crippen LogP contribution is -2.35. The Morgan fingerprint density at radius 2 is 1.81 bits per heavy atom. The monoisotopic (exact) mass is 362 g/mol. The fourth-order valence-electron chi connectivity index (χ4n) is 3.63. The quantitative estimate of drug-likeness (QED) is 0.779. The van der Waals surface area contributed by atoms with Gasteiger partial charge in [0, 0.05) is 31.3 Å². The summed E-state index contributed by atoms with van der Waals surface area (Å²) in [6, 6.07) is 13.2. The molecule has 0 atom stereocenters. The van der Waals surface area contributed by atoms with Gasteiger partial charge in [-0.05, 0) is 43.5 Å². The fourth-order valence-corrected chi connectivity index (χ4v) is 3.63. The number of hydrogen-bond donors (Lipinski definition) is 1. The van der Waals surface area contributed by atoms with Crippen LogP contribution in [-0.2, 0) is 0 Å². The number of carbonyl (C=O) groups is 2. The fraction of sp³-hybridized carbons (Fsp3) is 0.286. The van der Waals surface area contributed by atoms with Crippen molar-refractivity contribution in [3.05, 3.63) is 59.8 Å². The standard InChI is InChI=1S/C21H22N4O2/c1-22-20(26)16-8-5-7-15(13-16)18-9-6-10-19-17(14-23-25(18)19)21(27)24-11-3-2-4-12-24/h5-10,13-14H,2-4,11-12H2,1H3,(H,22,26). The van der Waals surface area contributed by atoms with Gasteiger partial charge in [0.25, 0.3) is 11.8 Å². The van der Waals surface area contributed by atoms with Gasteiger partial charge < -0.3 is 10.2 Å². The van der Waals surface area contributed by atoms with E-state index in [4.69, 9.17) is 0 Å². The van der Waals surface area contributed by atoms with Crippen LogP contribution in [0.4, 0.5) is 0 Å². The van der Waals surface area contributed by atoms with Crippen molar-refractivity contribution in [1.82, 2.24) is 19.8 Å². The molecule has 0 unspecified atom stereocenters. The Morgan fingerprint density at radius 3 is 2.59 bits per heavy atom. The highest BCUT2D eigenvalue weighted by Crippen LogP contribution is 2.24. The highest BCUT2D eigenvalue weighted by atomic mass is 16.2. The molecule has 4 rings (SSSR count). The van der Waals surface area contributed by atoms with Gasteiger partial charge in [-0.3, -0.25) is 9.59 Å². The summed E-state index contributed by atoms with van der Waals surface area (Å²) in [5.41, 5.74) is 3.72. The molecule has 0 spiro atoms. The molecule has 0 bridgehead atoms. The number of aromatic nitrogens is 2. The second-order valence-electron chi connectivity index (χ2n) is 6.78. The van der Waals surface area contributed by atoms with Crippen molar-refractivity contribution in [2.24, 2.45) is 0 Å². The number of fused-ring (bicyclic) bond motifs is 1. The third kappa shape index (κ3) is 3.18. The first kappa shape index (κ1) is 17.3. The van der Waals surface area contributed by atoms with E-state index in [2.05, 4.69) is 10.4 Å². The predicted molar refractivity (Wildman–Crippen MR) is 104 cm³/mol. The molecule has 3 aromatic rings. The lowest BCUT2D eigenvalue weighted by atomic mass is 10.1. The molecule has 0 radical (unpaired) electrons. The zero-order valence-electron chi connectivity index (χ0n) is 15.3. The Hall–Kier alpha value is -3.15. The molecule has 1 aromatic carbocycles. The molecule has 27 heavy (non-hydrogen) atoms. The predicted octanol–water partition coefficient (Wildman–Crippen LogP) is 2.99. The van der Waals surface area contributed by atoms with E-state index < -0.39 is 0 Å². The maximum Gasteiger partial charge on any atom is 0.257 e. The summed E-state index contributed by atoms with van der Waals surface area (Å²) >= 11 is 0. The van der Waals surface area contributed by atoms with E-state index >= 15 is 0 Å². The first-order chi connectivity index (χ1) is 13.2. The molecular formula is C21H22N4O2. The van der Waals surface area contributed by atoms with Crippen LogP contribution in [0, 0.1) is 0 Å².